The summed E-state index contributed by atoms with van der Waals surface area (Å²) in [4.78, 5) is 10.4. The van der Waals surface area contributed by atoms with E-state index in [1.165, 1.54) is 13.3 Å². The SMILES string of the molecule is CON=CC1(c2ccccc2C(Oc2ccn[nH]2)c2ccc(Cl)cc2)NOCCO1. The average molecular weight is 429 g/mol. The lowest BCUT2D eigenvalue weighted by molar-refractivity contribution is -0.191. The molecule has 4 rings (SSSR count). The molecule has 9 heteroatoms. The third-order valence-corrected chi connectivity index (χ3v) is 4.87. The highest BCUT2D eigenvalue weighted by molar-refractivity contribution is 6.30. The van der Waals surface area contributed by atoms with Crippen molar-refractivity contribution in [1.82, 2.24) is 15.7 Å². The van der Waals surface area contributed by atoms with Crippen LogP contribution in [0.2, 0.25) is 5.02 Å². The van der Waals surface area contributed by atoms with Gasteiger partial charge in [0, 0.05) is 22.2 Å². The van der Waals surface area contributed by atoms with Crippen LogP contribution in [-0.4, -0.2) is 36.7 Å². The Morgan fingerprint density at radius 2 is 2.00 bits per heavy atom. The molecule has 0 amide bonds. The number of nitrogens with one attached hydrogen (secondary N) is 2. The molecule has 1 aliphatic rings. The lowest BCUT2D eigenvalue weighted by atomic mass is 9.91. The van der Waals surface area contributed by atoms with Crippen molar-refractivity contribution in [2.75, 3.05) is 20.3 Å². The number of hydrogen-bond acceptors (Lipinski definition) is 7. The highest BCUT2D eigenvalue weighted by Crippen LogP contribution is 2.36. The number of ether oxygens (including phenoxy) is 2. The molecule has 2 heterocycles. The highest BCUT2D eigenvalue weighted by Gasteiger charge is 2.39. The van der Waals surface area contributed by atoms with Crippen molar-refractivity contribution in [1.29, 1.82) is 0 Å². The molecule has 2 N–H and O–H groups in total. The molecular weight excluding hydrogens is 408 g/mol. The minimum atomic E-state index is -1.15. The molecule has 0 spiro atoms. The van der Waals surface area contributed by atoms with Gasteiger partial charge < -0.3 is 14.3 Å². The van der Waals surface area contributed by atoms with Gasteiger partial charge in [0.1, 0.15) is 7.11 Å². The van der Waals surface area contributed by atoms with Crippen molar-refractivity contribution in [3.8, 4) is 5.88 Å². The number of aromatic amines is 1. The zero-order valence-corrected chi connectivity index (χ0v) is 17.0. The zero-order valence-electron chi connectivity index (χ0n) is 16.2. The molecule has 2 unspecified atom stereocenters. The van der Waals surface area contributed by atoms with Gasteiger partial charge in [0.25, 0.3) is 0 Å². The molecule has 0 saturated carbocycles. The van der Waals surface area contributed by atoms with Crippen molar-refractivity contribution in [2.45, 2.75) is 11.8 Å². The van der Waals surface area contributed by atoms with Gasteiger partial charge in [0.05, 0.1) is 25.6 Å². The minimum Gasteiger partial charge on any atom is -0.465 e. The van der Waals surface area contributed by atoms with Gasteiger partial charge in [-0.3, -0.25) is 4.84 Å². The van der Waals surface area contributed by atoms with Crippen LogP contribution in [0.25, 0.3) is 0 Å². The van der Waals surface area contributed by atoms with E-state index in [2.05, 4.69) is 20.8 Å². The van der Waals surface area contributed by atoms with Gasteiger partial charge in [-0.1, -0.05) is 53.2 Å². The maximum Gasteiger partial charge on any atom is 0.209 e. The molecule has 30 heavy (non-hydrogen) atoms. The molecule has 3 aromatic rings. The smallest absolute Gasteiger partial charge is 0.209 e. The first-order valence-corrected chi connectivity index (χ1v) is 9.71. The molecule has 1 aliphatic heterocycles. The van der Waals surface area contributed by atoms with Gasteiger partial charge in [0.15, 0.2) is 6.10 Å². The molecule has 1 saturated heterocycles. The summed E-state index contributed by atoms with van der Waals surface area (Å²) in [5.41, 5.74) is 4.32. The highest BCUT2D eigenvalue weighted by atomic mass is 35.5. The third-order valence-electron chi connectivity index (χ3n) is 4.61. The standard InChI is InChI=1S/C21H21ClN4O4/c1-27-24-14-21(26-29-13-12-28-21)18-5-3-2-4-17(18)20(30-19-10-11-23-25-19)15-6-8-16(22)9-7-15/h2-11,14,20,26H,12-13H2,1H3,(H,23,25). The molecule has 0 aliphatic carbocycles. The van der Waals surface area contributed by atoms with E-state index in [1.54, 1.807) is 12.3 Å². The first kappa shape index (κ1) is 20.4. The molecule has 2 aromatic carbocycles. The second kappa shape index (κ2) is 9.27. The summed E-state index contributed by atoms with van der Waals surface area (Å²) in [5, 5.41) is 11.4. The van der Waals surface area contributed by atoms with Crippen LogP contribution < -0.4 is 10.2 Å². The van der Waals surface area contributed by atoms with Gasteiger partial charge in [-0.05, 0) is 17.7 Å². The van der Waals surface area contributed by atoms with Crippen molar-refractivity contribution in [2.24, 2.45) is 5.16 Å². The van der Waals surface area contributed by atoms with E-state index in [0.29, 0.717) is 24.1 Å². The van der Waals surface area contributed by atoms with Crippen LogP contribution in [0.3, 0.4) is 0 Å². The van der Waals surface area contributed by atoms with E-state index in [0.717, 1.165) is 16.7 Å². The van der Waals surface area contributed by atoms with Crippen molar-refractivity contribution >= 4 is 17.8 Å². The average Bonchev–Trinajstić information content (AvgIpc) is 3.31. The normalized spacial score (nSPS) is 20.2. The fourth-order valence-electron chi connectivity index (χ4n) is 3.27. The van der Waals surface area contributed by atoms with Crippen molar-refractivity contribution < 1.29 is 19.1 Å². The van der Waals surface area contributed by atoms with Gasteiger partial charge in [-0.15, -0.1) is 0 Å². The van der Waals surface area contributed by atoms with Gasteiger partial charge in [0.2, 0.25) is 11.6 Å². The number of hydrogen-bond donors (Lipinski definition) is 2. The van der Waals surface area contributed by atoms with Gasteiger partial charge in [-0.2, -0.15) is 10.6 Å². The summed E-state index contributed by atoms with van der Waals surface area (Å²) in [6.07, 6.45) is 2.67. The minimum absolute atomic E-state index is 0.379. The van der Waals surface area contributed by atoms with E-state index < -0.39 is 11.8 Å². The van der Waals surface area contributed by atoms with E-state index in [1.807, 2.05) is 48.5 Å². The molecule has 1 fully saturated rings. The van der Waals surface area contributed by atoms with E-state index in [9.17, 15) is 0 Å². The predicted molar refractivity (Wildman–Crippen MR) is 111 cm³/mol. The van der Waals surface area contributed by atoms with E-state index in [4.69, 9.17) is 30.7 Å². The summed E-state index contributed by atoms with van der Waals surface area (Å²) in [6, 6.07) is 17.0. The molecule has 0 radical (unpaired) electrons. The Morgan fingerprint density at radius 3 is 2.70 bits per heavy atom. The Hall–Kier alpha value is -2.91. The monoisotopic (exact) mass is 428 g/mol. The Kier molecular flexibility index (Phi) is 6.29. The third kappa shape index (κ3) is 4.31. The molecule has 156 valence electrons. The van der Waals surface area contributed by atoms with Gasteiger partial charge >= 0.3 is 0 Å². The van der Waals surface area contributed by atoms with Crippen LogP contribution in [0.5, 0.6) is 5.88 Å². The topological polar surface area (TPSA) is 90.0 Å². The van der Waals surface area contributed by atoms with Gasteiger partial charge in [-0.25, -0.2) is 5.10 Å². The number of oxime groups is 1. The number of rotatable bonds is 7. The summed E-state index contributed by atoms with van der Waals surface area (Å²) in [5.74, 6) is 0.526. The second-order valence-corrected chi connectivity index (χ2v) is 6.95. The Bertz CT molecular complexity index is 973. The summed E-state index contributed by atoms with van der Waals surface area (Å²) < 4.78 is 12.4. The largest absolute Gasteiger partial charge is 0.465 e. The van der Waals surface area contributed by atoms with Crippen LogP contribution in [0.1, 0.15) is 22.8 Å². The number of H-pyrrole nitrogens is 1. The fourth-order valence-corrected chi connectivity index (χ4v) is 3.40. The lowest BCUT2D eigenvalue weighted by Crippen LogP contribution is -2.51. The number of nitrogens with zero attached hydrogens (tertiary/aromatic N) is 2. The van der Waals surface area contributed by atoms with Crippen molar-refractivity contribution in [3.63, 3.8) is 0 Å². The Balaban J connectivity index is 1.83. The maximum absolute atomic E-state index is 6.29. The molecule has 1 aromatic heterocycles. The second-order valence-electron chi connectivity index (χ2n) is 6.51. The summed E-state index contributed by atoms with van der Waals surface area (Å²) >= 11 is 6.10. The molecule has 2 atom stereocenters. The van der Waals surface area contributed by atoms with Crippen LogP contribution in [0, 0.1) is 0 Å². The Labute approximate surface area is 178 Å². The van der Waals surface area contributed by atoms with Crippen LogP contribution >= 0.6 is 11.6 Å². The first-order valence-electron chi connectivity index (χ1n) is 9.33. The quantitative estimate of drug-likeness (QED) is 0.441. The number of hydroxylamine groups is 1. The maximum atomic E-state index is 6.29. The molecule has 0 bridgehead atoms. The van der Waals surface area contributed by atoms with E-state index >= 15 is 0 Å². The van der Waals surface area contributed by atoms with E-state index in [-0.39, 0.29) is 0 Å². The van der Waals surface area contributed by atoms with Crippen LogP contribution in [-0.2, 0) is 20.1 Å². The first-order chi connectivity index (χ1) is 14.7. The van der Waals surface area contributed by atoms with Crippen LogP contribution in [0.4, 0.5) is 0 Å². The molecular formula is C21H21ClN4O4. The number of halogens is 1. The molecule has 8 nitrogen and oxygen atoms in total. The lowest BCUT2D eigenvalue weighted by Gasteiger charge is -2.36. The summed E-state index contributed by atoms with van der Waals surface area (Å²) in [6.45, 7) is 0.792. The number of benzene rings is 2. The fraction of sp³-hybridized carbons (Fsp3) is 0.238. The van der Waals surface area contributed by atoms with Crippen LogP contribution in [0.15, 0.2) is 65.9 Å². The predicted octanol–water partition coefficient (Wildman–Crippen LogP) is 3.57. The zero-order chi connectivity index (χ0) is 20.8. The van der Waals surface area contributed by atoms with Crippen molar-refractivity contribution in [3.05, 3.63) is 82.5 Å². The summed E-state index contributed by atoms with van der Waals surface area (Å²) in [7, 11) is 1.47. The Morgan fingerprint density at radius 1 is 1.17 bits per heavy atom. The number of aromatic nitrogens is 2.